The summed E-state index contributed by atoms with van der Waals surface area (Å²) >= 11 is 0. The van der Waals surface area contributed by atoms with Crippen molar-refractivity contribution in [2.45, 2.75) is 44.9 Å². The second-order valence-electron chi connectivity index (χ2n) is 5.13. The van der Waals surface area contributed by atoms with E-state index in [4.69, 9.17) is 0 Å². The molecular formula is C12H20F3N3O2. The molecule has 1 aliphatic heterocycles. The summed E-state index contributed by atoms with van der Waals surface area (Å²) in [5, 5.41) is 5.52. The zero-order valence-electron chi connectivity index (χ0n) is 11.6. The summed E-state index contributed by atoms with van der Waals surface area (Å²) in [7, 11) is 0. The van der Waals surface area contributed by atoms with Gasteiger partial charge in [-0.3, -0.25) is 9.59 Å². The maximum absolute atomic E-state index is 12.6. The third-order valence-corrected chi connectivity index (χ3v) is 3.02. The average molecular weight is 295 g/mol. The van der Waals surface area contributed by atoms with E-state index in [0.29, 0.717) is 30.8 Å². The molecule has 1 fully saturated rings. The summed E-state index contributed by atoms with van der Waals surface area (Å²) in [6.45, 7) is 3.94. The van der Waals surface area contributed by atoms with Gasteiger partial charge in [0.25, 0.3) is 0 Å². The highest BCUT2D eigenvalue weighted by molar-refractivity contribution is 5.87. The van der Waals surface area contributed by atoms with Crippen molar-refractivity contribution >= 4 is 11.8 Å². The van der Waals surface area contributed by atoms with Gasteiger partial charge in [-0.25, -0.2) is 0 Å². The molecule has 0 saturated carbocycles. The number of piperidine rings is 1. The largest absolute Gasteiger partial charge is 0.471 e. The maximum Gasteiger partial charge on any atom is 0.471 e. The molecule has 1 saturated heterocycles. The number of nitrogens with one attached hydrogen (secondary N) is 2. The van der Waals surface area contributed by atoms with Crippen molar-refractivity contribution in [1.29, 1.82) is 0 Å². The lowest BCUT2D eigenvalue weighted by Crippen LogP contribution is -2.54. The van der Waals surface area contributed by atoms with Gasteiger partial charge in [-0.05, 0) is 39.8 Å². The predicted molar refractivity (Wildman–Crippen MR) is 66.9 cm³/mol. The fourth-order valence-corrected chi connectivity index (χ4v) is 2.17. The lowest BCUT2D eigenvalue weighted by atomic mass is 10.0. The molecule has 1 rings (SSSR count). The van der Waals surface area contributed by atoms with Gasteiger partial charge in [-0.15, -0.1) is 0 Å². The standard InChI is InChI=1S/C12H20F3N3O2/c1-8(2)17-10(19)7-18(11(20)12(13,14)15)9-3-5-16-6-4-9/h8-9,16H,3-7H2,1-2H3,(H,17,19). The lowest BCUT2D eigenvalue weighted by Gasteiger charge is -2.34. The van der Waals surface area contributed by atoms with Crippen LogP contribution in [0.4, 0.5) is 13.2 Å². The van der Waals surface area contributed by atoms with Gasteiger partial charge in [0, 0.05) is 12.1 Å². The van der Waals surface area contributed by atoms with Crippen LogP contribution in [0, 0.1) is 0 Å². The van der Waals surface area contributed by atoms with Crippen molar-refractivity contribution in [1.82, 2.24) is 15.5 Å². The van der Waals surface area contributed by atoms with E-state index in [1.54, 1.807) is 13.8 Å². The first-order valence-electron chi connectivity index (χ1n) is 6.59. The van der Waals surface area contributed by atoms with E-state index in [1.165, 1.54) is 0 Å². The topological polar surface area (TPSA) is 61.4 Å². The second kappa shape index (κ2) is 6.92. The van der Waals surface area contributed by atoms with Gasteiger partial charge >= 0.3 is 12.1 Å². The summed E-state index contributed by atoms with van der Waals surface area (Å²) in [6.07, 6.45) is -4.13. The first-order chi connectivity index (χ1) is 9.21. The van der Waals surface area contributed by atoms with Crippen LogP contribution in [0.25, 0.3) is 0 Å². The number of halogens is 3. The fourth-order valence-electron chi connectivity index (χ4n) is 2.17. The summed E-state index contributed by atoms with van der Waals surface area (Å²) < 4.78 is 37.9. The molecule has 0 spiro atoms. The van der Waals surface area contributed by atoms with E-state index in [0.717, 1.165) is 0 Å². The summed E-state index contributed by atoms with van der Waals surface area (Å²) in [6, 6.07) is -0.735. The molecule has 0 aromatic heterocycles. The van der Waals surface area contributed by atoms with Gasteiger partial charge < -0.3 is 15.5 Å². The van der Waals surface area contributed by atoms with E-state index in [9.17, 15) is 22.8 Å². The van der Waals surface area contributed by atoms with Crippen LogP contribution in [0.1, 0.15) is 26.7 Å². The Morgan fingerprint density at radius 2 is 1.85 bits per heavy atom. The molecule has 20 heavy (non-hydrogen) atoms. The van der Waals surface area contributed by atoms with Crippen molar-refractivity contribution in [3.8, 4) is 0 Å². The van der Waals surface area contributed by atoms with Crippen molar-refractivity contribution in [2.75, 3.05) is 19.6 Å². The Morgan fingerprint density at radius 3 is 2.30 bits per heavy atom. The van der Waals surface area contributed by atoms with Crippen LogP contribution in [-0.4, -0.2) is 54.6 Å². The highest BCUT2D eigenvalue weighted by atomic mass is 19.4. The van der Waals surface area contributed by atoms with Crippen LogP contribution in [0.2, 0.25) is 0 Å². The number of nitrogens with zero attached hydrogens (tertiary/aromatic N) is 1. The Morgan fingerprint density at radius 1 is 1.30 bits per heavy atom. The van der Waals surface area contributed by atoms with Crippen LogP contribution in [0.15, 0.2) is 0 Å². The van der Waals surface area contributed by atoms with Crippen LogP contribution in [-0.2, 0) is 9.59 Å². The lowest BCUT2D eigenvalue weighted by molar-refractivity contribution is -0.188. The Bertz CT molecular complexity index is 352. The van der Waals surface area contributed by atoms with Crippen molar-refractivity contribution in [2.24, 2.45) is 0 Å². The van der Waals surface area contributed by atoms with E-state index in [1.807, 2.05) is 0 Å². The quantitative estimate of drug-likeness (QED) is 0.801. The molecule has 0 radical (unpaired) electrons. The molecule has 5 nitrogen and oxygen atoms in total. The number of amides is 2. The Balaban J connectivity index is 2.78. The van der Waals surface area contributed by atoms with Gasteiger partial charge in [-0.2, -0.15) is 13.2 Å². The molecule has 8 heteroatoms. The first-order valence-corrected chi connectivity index (χ1v) is 6.59. The molecule has 0 atom stereocenters. The SMILES string of the molecule is CC(C)NC(=O)CN(C(=O)C(F)(F)F)C1CCNCC1. The van der Waals surface area contributed by atoms with Gasteiger partial charge in [0.1, 0.15) is 6.54 Å². The van der Waals surface area contributed by atoms with E-state index >= 15 is 0 Å². The highest BCUT2D eigenvalue weighted by Crippen LogP contribution is 2.22. The molecule has 1 aliphatic rings. The number of rotatable bonds is 4. The van der Waals surface area contributed by atoms with Gasteiger partial charge in [0.15, 0.2) is 0 Å². The molecule has 116 valence electrons. The van der Waals surface area contributed by atoms with Crippen LogP contribution < -0.4 is 10.6 Å². The van der Waals surface area contributed by atoms with E-state index in [2.05, 4.69) is 10.6 Å². The molecule has 2 amide bonds. The Kier molecular flexibility index (Phi) is 5.79. The van der Waals surface area contributed by atoms with Crippen LogP contribution in [0.3, 0.4) is 0 Å². The second-order valence-corrected chi connectivity index (χ2v) is 5.13. The molecule has 2 N–H and O–H groups in total. The molecule has 0 aliphatic carbocycles. The zero-order valence-corrected chi connectivity index (χ0v) is 11.6. The van der Waals surface area contributed by atoms with Gasteiger partial charge in [0.2, 0.25) is 5.91 Å². The number of alkyl halides is 3. The molecule has 0 aromatic carbocycles. The molecule has 0 aromatic rings. The minimum atomic E-state index is -4.96. The molecule has 0 bridgehead atoms. The maximum atomic E-state index is 12.6. The molecule has 1 heterocycles. The predicted octanol–water partition coefficient (Wildman–Crippen LogP) is 0.654. The number of hydrogen-bond acceptors (Lipinski definition) is 3. The first kappa shape index (κ1) is 16.7. The molecular weight excluding hydrogens is 275 g/mol. The van der Waals surface area contributed by atoms with Crippen molar-refractivity contribution < 1.29 is 22.8 Å². The van der Waals surface area contributed by atoms with Gasteiger partial charge in [0.05, 0.1) is 0 Å². The average Bonchev–Trinajstić information content (AvgIpc) is 2.34. The minimum Gasteiger partial charge on any atom is -0.352 e. The molecule has 0 unspecified atom stereocenters. The van der Waals surface area contributed by atoms with Crippen LogP contribution >= 0.6 is 0 Å². The zero-order chi connectivity index (χ0) is 15.3. The number of carbonyl (C=O) groups excluding carboxylic acids is 2. The van der Waals surface area contributed by atoms with Crippen molar-refractivity contribution in [3.63, 3.8) is 0 Å². The number of carbonyl (C=O) groups is 2. The monoisotopic (exact) mass is 295 g/mol. The normalized spacial score (nSPS) is 17.1. The Labute approximate surface area is 115 Å². The van der Waals surface area contributed by atoms with Crippen LogP contribution in [0.5, 0.6) is 0 Å². The third kappa shape index (κ3) is 4.99. The smallest absolute Gasteiger partial charge is 0.352 e. The summed E-state index contributed by atoms with van der Waals surface area (Å²) in [5.41, 5.74) is 0. The van der Waals surface area contributed by atoms with E-state index in [-0.39, 0.29) is 6.04 Å². The minimum absolute atomic E-state index is 0.182. The van der Waals surface area contributed by atoms with E-state index < -0.39 is 30.6 Å². The summed E-state index contributed by atoms with van der Waals surface area (Å²) in [4.78, 5) is 23.8. The third-order valence-electron chi connectivity index (χ3n) is 3.02. The van der Waals surface area contributed by atoms with Gasteiger partial charge in [-0.1, -0.05) is 0 Å². The number of hydrogen-bond donors (Lipinski definition) is 2. The summed E-state index contributed by atoms with van der Waals surface area (Å²) in [5.74, 6) is -2.51. The fraction of sp³-hybridized carbons (Fsp3) is 0.833. The Hall–Kier alpha value is -1.31. The van der Waals surface area contributed by atoms with Crippen molar-refractivity contribution in [3.05, 3.63) is 0 Å². The highest BCUT2D eigenvalue weighted by Gasteiger charge is 2.45.